The fourth-order valence-corrected chi connectivity index (χ4v) is 3.49. The Morgan fingerprint density at radius 3 is 2.79 bits per heavy atom. The van der Waals surface area contributed by atoms with Crippen LogP contribution in [0.4, 0.5) is 11.8 Å². The Hall–Kier alpha value is -2.83. The van der Waals surface area contributed by atoms with E-state index in [1.807, 2.05) is 12.1 Å². The third-order valence-corrected chi connectivity index (χ3v) is 4.72. The number of benzene rings is 1. The summed E-state index contributed by atoms with van der Waals surface area (Å²) < 4.78 is 5.24. The van der Waals surface area contributed by atoms with Crippen molar-refractivity contribution in [3.8, 4) is 5.75 Å². The topological polar surface area (TPSA) is 92.9 Å². The zero-order chi connectivity index (χ0) is 16.7. The average molecular weight is 324 g/mol. The highest BCUT2D eigenvalue weighted by molar-refractivity contribution is 5.84. The number of imidazole rings is 1. The minimum atomic E-state index is 0.254. The molecule has 2 atom stereocenters. The summed E-state index contributed by atoms with van der Waals surface area (Å²) in [6.45, 7) is 3.10. The third kappa shape index (κ3) is 2.42. The lowest BCUT2D eigenvalue weighted by molar-refractivity contribution is 0.414. The van der Waals surface area contributed by atoms with Crippen molar-refractivity contribution in [1.82, 2.24) is 19.9 Å². The number of aromatic amines is 1. The normalized spacial score (nSPS) is 20.7. The van der Waals surface area contributed by atoms with Crippen molar-refractivity contribution < 1.29 is 4.74 Å². The predicted octanol–water partition coefficient (Wildman–Crippen LogP) is 2.33. The van der Waals surface area contributed by atoms with Gasteiger partial charge in [0.2, 0.25) is 5.95 Å². The molecule has 0 radical (unpaired) electrons. The van der Waals surface area contributed by atoms with E-state index in [9.17, 15) is 0 Å². The van der Waals surface area contributed by atoms with E-state index in [-0.39, 0.29) is 5.95 Å². The van der Waals surface area contributed by atoms with Gasteiger partial charge in [0.15, 0.2) is 11.5 Å². The molecular formula is C17H20N6O. The predicted molar refractivity (Wildman–Crippen MR) is 93.3 cm³/mol. The number of nitrogens with two attached hydrogens (primary N) is 1. The first-order valence-corrected chi connectivity index (χ1v) is 8.03. The van der Waals surface area contributed by atoms with Gasteiger partial charge in [-0.15, -0.1) is 0 Å². The molecule has 1 saturated heterocycles. The second kappa shape index (κ2) is 5.67. The Morgan fingerprint density at radius 1 is 1.25 bits per heavy atom. The van der Waals surface area contributed by atoms with Crippen LogP contribution in [0.3, 0.4) is 0 Å². The highest BCUT2D eigenvalue weighted by Gasteiger charge is 2.32. The number of aromatic nitrogens is 4. The van der Waals surface area contributed by atoms with E-state index in [0.717, 1.165) is 30.0 Å². The molecule has 3 N–H and O–H groups in total. The minimum Gasteiger partial charge on any atom is -0.497 e. The van der Waals surface area contributed by atoms with Gasteiger partial charge in [-0.25, -0.2) is 4.98 Å². The average Bonchev–Trinajstić information content (AvgIpc) is 3.20. The minimum absolute atomic E-state index is 0.254. The van der Waals surface area contributed by atoms with Crippen LogP contribution >= 0.6 is 0 Å². The summed E-state index contributed by atoms with van der Waals surface area (Å²) in [5, 5.41) is 0. The first-order valence-electron chi connectivity index (χ1n) is 8.03. The van der Waals surface area contributed by atoms with Crippen molar-refractivity contribution in [3.05, 3.63) is 36.2 Å². The second-order valence-electron chi connectivity index (χ2n) is 6.21. The molecule has 1 fully saturated rings. The van der Waals surface area contributed by atoms with Gasteiger partial charge in [0.05, 0.1) is 13.4 Å². The summed E-state index contributed by atoms with van der Waals surface area (Å²) in [5.41, 5.74) is 8.62. The zero-order valence-corrected chi connectivity index (χ0v) is 13.7. The molecular weight excluding hydrogens is 304 g/mol. The van der Waals surface area contributed by atoms with Crippen molar-refractivity contribution in [3.63, 3.8) is 0 Å². The third-order valence-electron chi connectivity index (χ3n) is 4.72. The van der Waals surface area contributed by atoms with Crippen LogP contribution < -0.4 is 15.4 Å². The lowest BCUT2D eigenvalue weighted by atomic mass is 9.97. The summed E-state index contributed by atoms with van der Waals surface area (Å²) in [5.74, 6) is 2.41. The first kappa shape index (κ1) is 14.7. The number of hydrogen-bond acceptors (Lipinski definition) is 6. The second-order valence-corrected chi connectivity index (χ2v) is 6.21. The monoisotopic (exact) mass is 324 g/mol. The fraction of sp³-hybridized carbons (Fsp3) is 0.353. The van der Waals surface area contributed by atoms with Crippen molar-refractivity contribution >= 4 is 22.9 Å². The summed E-state index contributed by atoms with van der Waals surface area (Å²) >= 11 is 0. The Bertz CT molecular complexity index is 859. The molecule has 3 aromatic rings. The van der Waals surface area contributed by atoms with E-state index in [0.29, 0.717) is 17.6 Å². The molecule has 0 saturated carbocycles. The summed E-state index contributed by atoms with van der Waals surface area (Å²) in [6, 6.07) is 8.66. The largest absolute Gasteiger partial charge is 0.497 e. The van der Waals surface area contributed by atoms with E-state index < -0.39 is 0 Å². The SMILES string of the molecule is COc1ccc([C@H]2C[C@@H](C)N(c3nc(N)nc4nc[nH]c34)C2)cc1. The Labute approximate surface area is 139 Å². The van der Waals surface area contributed by atoms with E-state index in [4.69, 9.17) is 10.5 Å². The van der Waals surface area contributed by atoms with Crippen LogP contribution in [0, 0.1) is 0 Å². The zero-order valence-electron chi connectivity index (χ0n) is 13.7. The Kier molecular flexibility index (Phi) is 3.48. The number of ether oxygens (including phenoxy) is 1. The fourth-order valence-electron chi connectivity index (χ4n) is 3.49. The number of nitrogens with one attached hydrogen (secondary N) is 1. The molecule has 7 heteroatoms. The quantitative estimate of drug-likeness (QED) is 0.768. The molecule has 1 aliphatic rings. The Balaban J connectivity index is 1.65. The number of H-pyrrole nitrogens is 1. The van der Waals surface area contributed by atoms with Crippen LogP contribution in [0.15, 0.2) is 30.6 Å². The van der Waals surface area contributed by atoms with Crippen LogP contribution in [0.1, 0.15) is 24.8 Å². The molecule has 2 aromatic heterocycles. The van der Waals surface area contributed by atoms with Gasteiger partial charge in [-0.2, -0.15) is 9.97 Å². The molecule has 7 nitrogen and oxygen atoms in total. The van der Waals surface area contributed by atoms with Crippen LogP contribution in [-0.2, 0) is 0 Å². The number of nitrogen functional groups attached to an aromatic ring is 1. The Morgan fingerprint density at radius 2 is 2.04 bits per heavy atom. The van der Waals surface area contributed by atoms with E-state index in [1.54, 1.807) is 13.4 Å². The number of fused-ring (bicyclic) bond motifs is 1. The lowest BCUT2D eigenvalue weighted by Crippen LogP contribution is -2.28. The van der Waals surface area contributed by atoms with Gasteiger partial charge in [0, 0.05) is 18.5 Å². The van der Waals surface area contributed by atoms with Crippen LogP contribution in [0.2, 0.25) is 0 Å². The van der Waals surface area contributed by atoms with Gasteiger partial charge < -0.3 is 20.4 Å². The highest BCUT2D eigenvalue weighted by atomic mass is 16.5. The van der Waals surface area contributed by atoms with Gasteiger partial charge in [-0.05, 0) is 31.0 Å². The summed E-state index contributed by atoms with van der Waals surface area (Å²) in [6.07, 6.45) is 2.69. The van der Waals surface area contributed by atoms with Gasteiger partial charge >= 0.3 is 0 Å². The van der Waals surface area contributed by atoms with Crippen molar-refractivity contribution in [1.29, 1.82) is 0 Å². The van der Waals surface area contributed by atoms with Gasteiger partial charge in [0.1, 0.15) is 11.3 Å². The molecule has 24 heavy (non-hydrogen) atoms. The van der Waals surface area contributed by atoms with E-state index in [1.165, 1.54) is 5.56 Å². The molecule has 0 amide bonds. The molecule has 0 unspecified atom stereocenters. The lowest BCUT2D eigenvalue weighted by Gasteiger charge is -2.23. The van der Waals surface area contributed by atoms with Crippen LogP contribution in [0.5, 0.6) is 5.75 Å². The smallest absolute Gasteiger partial charge is 0.224 e. The molecule has 1 aromatic carbocycles. The maximum Gasteiger partial charge on any atom is 0.224 e. The van der Waals surface area contributed by atoms with Gasteiger partial charge in [-0.3, -0.25) is 0 Å². The molecule has 0 bridgehead atoms. The number of hydrogen-bond donors (Lipinski definition) is 2. The maximum atomic E-state index is 5.86. The van der Waals surface area contributed by atoms with E-state index >= 15 is 0 Å². The number of nitrogens with zero attached hydrogens (tertiary/aromatic N) is 4. The molecule has 124 valence electrons. The maximum absolute atomic E-state index is 5.86. The first-order chi connectivity index (χ1) is 11.7. The standard InChI is InChI=1S/C17H20N6O/c1-10-7-12(11-3-5-13(24-2)6-4-11)8-23(10)16-14-15(20-9-19-14)21-17(18)22-16/h3-6,9-10,12H,7-8H2,1-2H3,(H3,18,19,20,21,22)/t10-,12+/m1/s1. The van der Waals surface area contributed by atoms with Crippen molar-refractivity contribution in [2.24, 2.45) is 0 Å². The number of methoxy groups -OCH3 is 1. The molecule has 4 rings (SSSR count). The number of rotatable bonds is 3. The summed E-state index contributed by atoms with van der Waals surface area (Å²) in [4.78, 5) is 18.3. The molecule has 0 aliphatic carbocycles. The van der Waals surface area contributed by atoms with Crippen molar-refractivity contribution in [2.45, 2.75) is 25.3 Å². The van der Waals surface area contributed by atoms with Gasteiger partial charge in [-0.1, -0.05) is 12.1 Å². The molecule has 0 spiro atoms. The number of anilines is 2. The molecule has 3 heterocycles. The molecule has 1 aliphatic heterocycles. The van der Waals surface area contributed by atoms with Crippen LogP contribution in [-0.4, -0.2) is 39.6 Å². The van der Waals surface area contributed by atoms with Gasteiger partial charge in [0.25, 0.3) is 0 Å². The summed E-state index contributed by atoms with van der Waals surface area (Å²) in [7, 11) is 1.68. The van der Waals surface area contributed by atoms with E-state index in [2.05, 4.69) is 43.9 Å². The van der Waals surface area contributed by atoms with Crippen LogP contribution in [0.25, 0.3) is 11.2 Å². The van der Waals surface area contributed by atoms with Crippen molar-refractivity contribution in [2.75, 3.05) is 24.3 Å². The highest BCUT2D eigenvalue weighted by Crippen LogP contribution is 2.36.